The number of aryl methyl sites for hydroxylation is 2. The third-order valence-electron chi connectivity index (χ3n) is 2.94. The summed E-state index contributed by atoms with van der Waals surface area (Å²) in [5, 5.41) is 10.7. The molecule has 1 N–H and O–H groups in total. The standard InChI is InChI=1S/C12H11N3OS/c16-11(14-12-15-13-7-17-12)10-5-4-8-2-1-3-9(8)6-10/h4-7H,1-3H2,(H,14,15,16). The van der Waals surface area contributed by atoms with E-state index in [0.29, 0.717) is 10.7 Å². The molecule has 3 rings (SSSR count). The van der Waals surface area contributed by atoms with E-state index in [1.165, 1.54) is 28.9 Å². The largest absolute Gasteiger partial charge is 0.296 e. The molecular formula is C12H11N3OS. The molecule has 1 aromatic carbocycles. The molecule has 1 aliphatic rings. The van der Waals surface area contributed by atoms with E-state index in [4.69, 9.17) is 0 Å². The van der Waals surface area contributed by atoms with E-state index < -0.39 is 0 Å². The number of fused-ring (bicyclic) bond motifs is 1. The van der Waals surface area contributed by atoms with Crippen LogP contribution >= 0.6 is 11.3 Å². The highest BCUT2D eigenvalue weighted by Crippen LogP contribution is 2.23. The molecule has 17 heavy (non-hydrogen) atoms. The van der Waals surface area contributed by atoms with Crippen molar-refractivity contribution in [2.24, 2.45) is 0 Å². The summed E-state index contributed by atoms with van der Waals surface area (Å²) in [6.45, 7) is 0. The van der Waals surface area contributed by atoms with Crippen molar-refractivity contribution in [1.82, 2.24) is 10.2 Å². The lowest BCUT2D eigenvalue weighted by Gasteiger charge is -2.04. The van der Waals surface area contributed by atoms with Gasteiger partial charge >= 0.3 is 0 Å². The van der Waals surface area contributed by atoms with Crippen LogP contribution in [0.25, 0.3) is 0 Å². The van der Waals surface area contributed by atoms with Crippen LogP contribution in [0.2, 0.25) is 0 Å². The Morgan fingerprint density at radius 1 is 1.29 bits per heavy atom. The number of benzene rings is 1. The average Bonchev–Trinajstić information content (AvgIpc) is 2.97. The fourth-order valence-electron chi connectivity index (χ4n) is 2.11. The highest BCUT2D eigenvalue weighted by molar-refractivity contribution is 7.13. The molecule has 1 aromatic heterocycles. The van der Waals surface area contributed by atoms with Gasteiger partial charge in [0.05, 0.1) is 0 Å². The number of carbonyl (C=O) groups excluding carboxylic acids is 1. The first-order valence-corrected chi connectivity index (χ1v) is 6.40. The van der Waals surface area contributed by atoms with E-state index in [1.807, 2.05) is 12.1 Å². The van der Waals surface area contributed by atoms with E-state index in [-0.39, 0.29) is 5.91 Å². The number of nitrogens with one attached hydrogen (secondary N) is 1. The predicted molar refractivity (Wildman–Crippen MR) is 66.3 cm³/mol. The van der Waals surface area contributed by atoms with Crippen molar-refractivity contribution in [3.8, 4) is 0 Å². The summed E-state index contributed by atoms with van der Waals surface area (Å²) in [7, 11) is 0. The SMILES string of the molecule is O=C(Nc1nncs1)c1ccc2c(c1)CCC2. The van der Waals surface area contributed by atoms with Gasteiger partial charge in [-0.05, 0) is 42.5 Å². The molecule has 86 valence electrons. The number of hydrogen-bond acceptors (Lipinski definition) is 4. The Labute approximate surface area is 103 Å². The number of rotatable bonds is 2. The molecule has 0 radical (unpaired) electrons. The minimum absolute atomic E-state index is 0.114. The van der Waals surface area contributed by atoms with Crippen LogP contribution in [-0.4, -0.2) is 16.1 Å². The van der Waals surface area contributed by atoms with Gasteiger partial charge in [-0.3, -0.25) is 10.1 Å². The molecule has 0 saturated heterocycles. The molecule has 0 unspecified atom stereocenters. The Kier molecular flexibility index (Phi) is 2.60. The van der Waals surface area contributed by atoms with Gasteiger partial charge in [0.25, 0.3) is 5.91 Å². The number of carbonyl (C=O) groups is 1. The lowest BCUT2D eigenvalue weighted by atomic mass is 10.1. The van der Waals surface area contributed by atoms with Gasteiger partial charge in [-0.25, -0.2) is 0 Å². The zero-order valence-electron chi connectivity index (χ0n) is 9.14. The summed E-state index contributed by atoms with van der Waals surface area (Å²) in [4.78, 5) is 11.9. The topological polar surface area (TPSA) is 54.9 Å². The smallest absolute Gasteiger partial charge is 0.257 e. The Balaban J connectivity index is 1.82. The van der Waals surface area contributed by atoms with Crippen molar-refractivity contribution < 1.29 is 4.79 Å². The van der Waals surface area contributed by atoms with Crippen molar-refractivity contribution >= 4 is 22.4 Å². The van der Waals surface area contributed by atoms with Crippen LogP contribution in [0.5, 0.6) is 0 Å². The van der Waals surface area contributed by atoms with Gasteiger partial charge in [-0.15, -0.1) is 10.2 Å². The van der Waals surface area contributed by atoms with Crippen molar-refractivity contribution in [3.63, 3.8) is 0 Å². The van der Waals surface area contributed by atoms with Gasteiger partial charge in [-0.1, -0.05) is 17.4 Å². The van der Waals surface area contributed by atoms with E-state index in [2.05, 4.69) is 21.6 Å². The second kappa shape index (κ2) is 4.25. The van der Waals surface area contributed by atoms with Crippen LogP contribution in [0.3, 0.4) is 0 Å². The number of aromatic nitrogens is 2. The number of nitrogens with zero attached hydrogens (tertiary/aromatic N) is 2. The zero-order valence-corrected chi connectivity index (χ0v) is 9.96. The quantitative estimate of drug-likeness (QED) is 0.883. The first-order chi connectivity index (χ1) is 8.33. The van der Waals surface area contributed by atoms with Gasteiger partial charge in [0.1, 0.15) is 5.51 Å². The maximum atomic E-state index is 11.9. The fraction of sp³-hybridized carbons (Fsp3) is 0.250. The molecular weight excluding hydrogens is 234 g/mol. The zero-order chi connectivity index (χ0) is 11.7. The molecule has 5 heteroatoms. The first kappa shape index (κ1) is 10.4. The molecule has 1 amide bonds. The highest BCUT2D eigenvalue weighted by atomic mass is 32.1. The fourth-order valence-corrected chi connectivity index (χ4v) is 2.55. The Bertz CT molecular complexity index is 551. The van der Waals surface area contributed by atoms with E-state index in [0.717, 1.165) is 12.8 Å². The number of anilines is 1. The molecule has 0 bridgehead atoms. The summed E-state index contributed by atoms with van der Waals surface area (Å²) in [6, 6.07) is 5.91. The van der Waals surface area contributed by atoms with Crippen LogP contribution in [-0.2, 0) is 12.8 Å². The van der Waals surface area contributed by atoms with Gasteiger partial charge < -0.3 is 0 Å². The minimum Gasteiger partial charge on any atom is -0.296 e. The van der Waals surface area contributed by atoms with E-state index in [9.17, 15) is 4.79 Å². The van der Waals surface area contributed by atoms with E-state index in [1.54, 1.807) is 5.51 Å². The summed E-state index contributed by atoms with van der Waals surface area (Å²) < 4.78 is 0. The molecule has 0 atom stereocenters. The Morgan fingerprint density at radius 2 is 2.18 bits per heavy atom. The van der Waals surface area contributed by atoms with Gasteiger partial charge in [0.15, 0.2) is 0 Å². The molecule has 4 nitrogen and oxygen atoms in total. The molecule has 0 saturated carbocycles. The van der Waals surface area contributed by atoms with Crippen LogP contribution in [0, 0.1) is 0 Å². The summed E-state index contributed by atoms with van der Waals surface area (Å²) >= 11 is 1.32. The van der Waals surface area contributed by atoms with Gasteiger partial charge in [0.2, 0.25) is 5.13 Å². The maximum absolute atomic E-state index is 11.9. The van der Waals surface area contributed by atoms with Crippen LogP contribution < -0.4 is 5.32 Å². The summed E-state index contributed by atoms with van der Waals surface area (Å²) in [5.74, 6) is -0.114. The normalized spacial score (nSPS) is 13.4. The van der Waals surface area contributed by atoms with Crippen LogP contribution in [0.1, 0.15) is 27.9 Å². The second-order valence-electron chi connectivity index (χ2n) is 4.04. The molecule has 0 spiro atoms. The Hall–Kier alpha value is -1.75. The lowest BCUT2D eigenvalue weighted by Crippen LogP contribution is -2.12. The second-order valence-corrected chi connectivity index (χ2v) is 4.87. The molecule has 1 heterocycles. The lowest BCUT2D eigenvalue weighted by molar-refractivity contribution is 0.102. The third-order valence-corrected chi connectivity index (χ3v) is 3.55. The maximum Gasteiger partial charge on any atom is 0.257 e. The summed E-state index contributed by atoms with van der Waals surface area (Å²) in [6.07, 6.45) is 3.40. The van der Waals surface area contributed by atoms with Crippen LogP contribution in [0.15, 0.2) is 23.7 Å². The molecule has 1 aliphatic carbocycles. The predicted octanol–water partition coefficient (Wildman–Crippen LogP) is 2.28. The van der Waals surface area contributed by atoms with Crippen LogP contribution in [0.4, 0.5) is 5.13 Å². The average molecular weight is 245 g/mol. The molecule has 0 fully saturated rings. The van der Waals surface area contributed by atoms with Crippen molar-refractivity contribution in [1.29, 1.82) is 0 Å². The summed E-state index contributed by atoms with van der Waals surface area (Å²) in [5.41, 5.74) is 4.96. The third kappa shape index (κ3) is 2.06. The van der Waals surface area contributed by atoms with E-state index >= 15 is 0 Å². The first-order valence-electron chi connectivity index (χ1n) is 5.52. The molecule has 0 aliphatic heterocycles. The number of amides is 1. The highest BCUT2D eigenvalue weighted by Gasteiger charge is 2.14. The minimum atomic E-state index is -0.114. The van der Waals surface area contributed by atoms with Gasteiger partial charge in [-0.2, -0.15) is 0 Å². The van der Waals surface area contributed by atoms with Crippen molar-refractivity contribution in [3.05, 3.63) is 40.4 Å². The van der Waals surface area contributed by atoms with Gasteiger partial charge in [0, 0.05) is 5.56 Å². The van der Waals surface area contributed by atoms with Crippen molar-refractivity contribution in [2.45, 2.75) is 19.3 Å². The molecule has 2 aromatic rings. The number of hydrogen-bond donors (Lipinski definition) is 1. The Morgan fingerprint density at radius 3 is 3.00 bits per heavy atom. The van der Waals surface area contributed by atoms with Crippen molar-refractivity contribution in [2.75, 3.05) is 5.32 Å². The monoisotopic (exact) mass is 245 g/mol.